The van der Waals surface area contributed by atoms with Crippen molar-refractivity contribution in [1.29, 1.82) is 0 Å². The Balaban J connectivity index is 2.57. The lowest BCUT2D eigenvalue weighted by Gasteiger charge is -2.19. The molecule has 1 N–H and O–H groups in total. The second-order valence-electron chi connectivity index (χ2n) is 4.41. The summed E-state index contributed by atoms with van der Waals surface area (Å²) in [5.41, 5.74) is 0.840. The van der Waals surface area contributed by atoms with Crippen LogP contribution in [0.4, 0.5) is 0 Å². The second kappa shape index (κ2) is 7.22. The van der Waals surface area contributed by atoms with Gasteiger partial charge in [-0.25, -0.2) is 0 Å². The summed E-state index contributed by atoms with van der Waals surface area (Å²) < 4.78 is 0. The van der Waals surface area contributed by atoms with Gasteiger partial charge in [-0.2, -0.15) is 0 Å². The molecule has 2 atom stereocenters. The van der Waals surface area contributed by atoms with E-state index in [1.165, 1.54) is 0 Å². The average Bonchev–Trinajstić information content (AvgIpc) is 2.32. The minimum atomic E-state index is -0.0437. The minimum Gasteiger partial charge on any atom is -0.353 e. The number of carbonyl (C=O) groups is 1. The van der Waals surface area contributed by atoms with E-state index in [2.05, 4.69) is 5.32 Å². The van der Waals surface area contributed by atoms with Gasteiger partial charge in [0.15, 0.2) is 0 Å². The van der Waals surface area contributed by atoms with Gasteiger partial charge in [0.25, 0.3) is 0 Å². The maximum Gasteiger partial charge on any atom is 0.224 e. The van der Waals surface area contributed by atoms with Crippen LogP contribution >= 0.6 is 34.8 Å². The van der Waals surface area contributed by atoms with E-state index in [1.807, 2.05) is 13.8 Å². The molecule has 1 rings (SSSR count). The van der Waals surface area contributed by atoms with Crippen molar-refractivity contribution in [1.82, 2.24) is 5.32 Å². The predicted molar refractivity (Wildman–Crippen MR) is 77.7 cm³/mol. The van der Waals surface area contributed by atoms with Gasteiger partial charge in [0.05, 0.1) is 16.5 Å². The van der Waals surface area contributed by atoms with Crippen molar-refractivity contribution < 1.29 is 4.79 Å². The van der Waals surface area contributed by atoms with E-state index >= 15 is 0 Å². The molecule has 0 spiro atoms. The van der Waals surface area contributed by atoms with Gasteiger partial charge in [0, 0.05) is 11.9 Å². The standard InChI is InChI=1S/C13H16Cl3NO/c1-8(7-14)9(2)17-13(18)6-10-3-4-11(15)12(16)5-10/h3-5,8-9H,6-7H2,1-2H3,(H,17,18). The molecule has 0 heterocycles. The predicted octanol–water partition coefficient (Wildman–Crippen LogP) is 3.92. The molecule has 1 amide bonds. The smallest absolute Gasteiger partial charge is 0.224 e. The molecular weight excluding hydrogens is 293 g/mol. The zero-order chi connectivity index (χ0) is 13.7. The van der Waals surface area contributed by atoms with Gasteiger partial charge in [0.1, 0.15) is 0 Å². The molecule has 0 bridgehead atoms. The van der Waals surface area contributed by atoms with E-state index in [1.54, 1.807) is 18.2 Å². The number of benzene rings is 1. The molecule has 0 saturated carbocycles. The van der Waals surface area contributed by atoms with Crippen molar-refractivity contribution >= 4 is 40.7 Å². The lowest BCUT2D eigenvalue weighted by molar-refractivity contribution is -0.121. The van der Waals surface area contributed by atoms with Gasteiger partial charge < -0.3 is 5.32 Å². The second-order valence-corrected chi connectivity index (χ2v) is 5.54. The Hall–Kier alpha value is -0.440. The topological polar surface area (TPSA) is 29.1 Å². The molecule has 0 aliphatic carbocycles. The number of halogens is 3. The van der Waals surface area contributed by atoms with Crippen LogP contribution in [0.15, 0.2) is 18.2 Å². The highest BCUT2D eigenvalue weighted by atomic mass is 35.5. The molecule has 0 aromatic heterocycles. The SMILES string of the molecule is CC(CCl)C(C)NC(=O)Cc1ccc(Cl)c(Cl)c1. The van der Waals surface area contributed by atoms with Gasteiger partial charge in [-0.1, -0.05) is 36.2 Å². The average molecular weight is 309 g/mol. The molecular formula is C13H16Cl3NO. The Labute approximate surface area is 123 Å². The van der Waals surface area contributed by atoms with Crippen LogP contribution in [0.2, 0.25) is 10.0 Å². The Morgan fingerprint density at radius 1 is 1.28 bits per heavy atom. The largest absolute Gasteiger partial charge is 0.353 e. The summed E-state index contributed by atoms with van der Waals surface area (Å²) in [5, 5.41) is 3.87. The van der Waals surface area contributed by atoms with Gasteiger partial charge in [-0.05, 0) is 30.5 Å². The third-order valence-corrected chi connectivity index (χ3v) is 4.06. The third-order valence-electron chi connectivity index (χ3n) is 2.83. The fraction of sp³-hybridized carbons (Fsp3) is 0.462. The Morgan fingerprint density at radius 3 is 2.50 bits per heavy atom. The number of rotatable bonds is 5. The zero-order valence-corrected chi connectivity index (χ0v) is 12.6. The lowest BCUT2D eigenvalue weighted by Crippen LogP contribution is -2.38. The number of alkyl halides is 1. The molecule has 0 radical (unpaired) electrons. The summed E-state index contributed by atoms with van der Waals surface area (Å²) >= 11 is 17.5. The molecule has 100 valence electrons. The Bertz CT molecular complexity index is 423. The number of hydrogen-bond acceptors (Lipinski definition) is 1. The fourth-order valence-corrected chi connectivity index (χ4v) is 2.00. The van der Waals surface area contributed by atoms with Crippen LogP contribution in [0, 0.1) is 5.92 Å². The first-order valence-corrected chi connectivity index (χ1v) is 7.02. The van der Waals surface area contributed by atoms with Crippen LogP contribution in [0.5, 0.6) is 0 Å². The summed E-state index contributed by atoms with van der Waals surface area (Å²) in [4.78, 5) is 11.8. The summed E-state index contributed by atoms with van der Waals surface area (Å²) in [6, 6.07) is 5.25. The Kier molecular flexibility index (Phi) is 6.27. The summed E-state index contributed by atoms with van der Waals surface area (Å²) in [5.74, 6) is 0.719. The van der Waals surface area contributed by atoms with Crippen LogP contribution in [0.25, 0.3) is 0 Å². The van der Waals surface area contributed by atoms with Crippen LogP contribution < -0.4 is 5.32 Å². The van der Waals surface area contributed by atoms with E-state index in [0.29, 0.717) is 15.9 Å². The first-order chi connectivity index (χ1) is 8.43. The monoisotopic (exact) mass is 307 g/mol. The van der Waals surface area contributed by atoms with Crippen LogP contribution in [-0.4, -0.2) is 17.8 Å². The molecule has 0 aliphatic rings. The molecule has 0 aliphatic heterocycles. The molecule has 1 aromatic rings. The van der Waals surface area contributed by atoms with Crippen molar-refractivity contribution in [3.8, 4) is 0 Å². The van der Waals surface area contributed by atoms with E-state index in [0.717, 1.165) is 5.56 Å². The number of amides is 1. The van der Waals surface area contributed by atoms with Crippen molar-refractivity contribution in [2.75, 3.05) is 5.88 Å². The maximum atomic E-state index is 11.8. The van der Waals surface area contributed by atoms with Crippen molar-refractivity contribution in [2.45, 2.75) is 26.3 Å². The fourth-order valence-electron chi connectivity index (χ4n) is 1.42. The summed E-state index contributed by atoms with van der Waals surface area (Å²) in [6.07, 6.45) is 0.288. The molecule has 0 fully saturated rings. The molecule has 5 heteroatoms. The summed E-state index contributed by atoms with van der Waals surface area (Å²) in [6.45, 7) is 3.94. The first kappa shape index (κ1) is 15.6. The van der Waals surface area contributed by atoms with Gasteiger partial charge in [0.2, 0.25) is 5.91 Å². The molecule has 2 nitrogen and oxygen atoms in total. The minimum absolute atomic E-state index is 0.0437. The van der Waals surface area contributed by atoms with Gasteiger partial charge in [-0.3, -0.25) is 4.79 Å². The van der Waals surface area contributed by atoms with E-state index in [-0.39, 0.29) is 24.3 Å². The lowest BCUT2D eigenvalue weighted by atomic mass is 10.1. The highest BCUT2D eigenvalue weighted by Gasteiger charge is 2.14. The van der Waals surface area contributed by atoms with Crippen molar-refractivity contribution in [3.05, 3.63) is 33.8 Å². The maximum absolute atomic E-state index is 11.8. The third kappa shape index (κ3) is 4.68. The van der Waals surface area contributed by atoms with Gasteiger partial charge >= 0.3 is 0 Å². The molecule has 2 unspecified atom stereocenters. The normalized spacial score (nSPS) is 14.1. The summed E-state index contributed by atoms with van der Waals surface area (Å²) in [7, 11) is 0. The van der Waals surface area contributed by atoms with E-state index < -0.39 is 0 Å². The number of carbonyl (C=O) groups excluding carboxylic acids is 1. The van der Waals surface area contributed by atoms with E-state index in [9.17, 15) is 4.79 Å². The molecule has 18 heavy (non-hydrogen) atoms. The quantitative estimate of drug-likeness (QED) is 0.821. The van der Waals surface area contributed by atoms with Crippen LogP contribution in [-0.2, 0) is 11.2 Å². The molecule has 0 saturated heterocycles. The number of nitrogens with one attached hydrogen (secondary N) is 1. The highest BCUT2D eigenvalue weighted by molar-refractivity contribution is 6.42. The Morgan fingerprint density at radius 2 is 1.94 bits per heavy atom. The van der Waals surface area contributed by atoms with Crippen LogP contribution in [0.3, 0.4) is 0 Å². The first-order valence-electron chi connectivity index (χ1n) is 5.73. The van der Waals surface area contributed by atoms with Crippen molar-refractivity contribution in [3.63, 3.8) is 0 Å². The highest BCUT2D eigenvalue weighted by Crippen LogP contribution is 2.22. The van der Waals surface area contributed by atoms with E-state index in [4.69, 9.17) is 34.8 Å². The van der Waals surface area contributed by atoms with Crippen molar-refractivity contribution in [2.24, 2.45) is 5.92 Å². The molecule has 1 aromatic carbocycles. The number of hydrogen-bond donors (Lipinski definition) is 1. The zero-order valence-electron chi connectivity index (χ0n) is 10.3. The van der Waals surface area contributed by atoms with Gasteiger partial charge in [-0.15, -0.1) is 11.6 Å². The van der Waals surface area contributed by atoms with Crippen LogP contribution in [0.1, 0.15) is 19.4 Å².